The Bertz CT molecular complexity index is 580. The van der Waals surface area contributed by atoms with Gasteiger partial charge in [0.1, 0.15) is 0 Å². The standard InChI is InChI=1S/C19H29N3O2/c1-6-22(15-10-8-7-9-11-15)17(24)16(23)20-14-12-18(2,3)21-19(4,5)13-14/h7-11,14,21H,6,12-13H2,1-5H3,(H,20,23). The van der Waals surface area contributed by atoms with Crippen molar-refractivity contribution in [2.45, 2.75) is 64.6 Å². The summed E-state index contributed by atoms with van der Waals surface area (Å²) in [5, 5.41) is 6.52. The van der Waals surface area contributed by atoms with E-state index in [1.54, 1.807) is 0 Å². The topological polar surface area (TPSA) is 61.4 Å². The zero-order valence-corrected chi connectivity index (χ0v) is 15.3. The lowest BCUT2D eigenvalue weighted by Gasteiger charge is -2.46. The fraction of sp³-hybridized carbons (Fsp3) is 0.579. The average molecular weight is 331 g/mol. The lowest BCUT2D eigenvalue weighted by molar-refractivity contribution is -0.138. The third-order valence-electron chi connectivity index (χ3n) is 4.35. The predicted molar refractivity (Wildman–Crippen MR) is 96.9 cm³/mol. The molecule has 1 heterocycles. The van der Waals surface area contributed by atoms with E-state index < -0.39 is 11.8 Å². The summed E-state index contributed by atoms with van der Waals surface area (Å²) in [4.78, 5) is 26.6. The molecule has 0 atom stereocenters. The minimum absolute atomic E-state index is 0.0119. The van der Waals surface area contributed by atoms with Gasteiger partial charge < -0.3 is 15.5 Å². The van der Waals surface area contributed by atoms with Crippen LogP contribution in [0.25, 0.3) is 0 Å². The van der Waals surface area contributed by atoms with Crippen LogP contribution in [0, 0.1) is 0 Å². The average Bonchev–Trinajstić information content (AvgIpc) is 2.45. The van der Waals surface area contributed by atoms with Gasteiger partial charge >= 0.3 is 11.8 Å². The number of carbonyl (C=O) groups excluding carboxylic acids is 2. The van der Waals surface area contributed by atoms with E-state index in [-0.39, 0.29) is 17.1 Å². The van der Waals surface area contributed by atoms with Gasteiger partial charge in [0.05, 0.1) is 0 Å². The molecule has 5 nitrogen and oxygen atoms in total. The van der Waals surface area contributed by atoms with Crippen molar-refractivity contribution in [3.63, 3.8) is 0 Å². The van der Waals surface area contributed by atoms with Crippen LogP contribution in [0.5, 0.6) is 0 Å². The summed E-state index contributed by atoms with van der Waals surface area (Å²) in [6.45, 7) is 10.8. The summed E-state index contributed by atoms with van der Waals surface area (Å²) in [5.41, 5.74) is 0.588. The van der Waals surface area contributed by atoms with Crippen LogP contribution in [0.2, 0.25) is 0 Å². The molecule has 0 aromatic heterocycles. The van der Waals surface area contributed by atoms with Crippen molar-refractivity contribution in [2.24, 2.45) is 0 Å². The van der Waals surface area contributed by atoms with Gasteiger partial charge in [0.25, 0.3) is 0 Å². The molecule has 1 aromatic carbocycles. The highest BCUT2D eigenvalue weighted by atomic mass is 16.2. The number of amides is 2. The number of para-hydroxylation sites is 1. The van der Waals surface area contributed by atoms with Gasteiger partial charge in [0, 0.05) is 29.4 Å². The van der Waals surface area contributed by atoms with E-state index in [2.05, 4.69) is 38.3 Å². The first-order chi connectivity index (χ1) is 11.1. The molecular formula is C19H29N3O2. The first-order valence-corrected chi connectivity index (χ1v) is 8.60. The highest BCUT2D eigenvalue weighted by Crippen LogP contribution is 2.28. The van der Waals surface area contributed by atoms with Gasteiger partial charge in [0.2, 0.25) is 0 Å². The van der Waals surface area contributed by atoms with Gasteiger partial charge in [-0.2, -0.15) is 0 Å². The van der Waals surface area contributed by atoms with E-state index >= 15 is 0 Å². The number of nitrogens with one attached hydrogen (secondary N) is 2. The number of piperidine rings is 1. The Hall–Kier alpha value is -1.88. The number of benzene rings is 1. The van der Waals surface area contributed by atoms with Crippen LogP contribution in [0.15, 0.2) is 30.3 Å². The lowest BCUT2D eigenvalue weighted by atomic mass is 9.79. The van der Waals surface area contributed by atoms with Crippen molar-refractivity contribution in [2.75, 3.05) is 11.4 Å². The maximum Gasteiger partial charge on any atom is 0.316 e. The van der Waals surface area contributed by atoms with Crippen LogP contribution in [0.3, 0.4) is 0 Å². The van der Waals surface area contributed by atoms with E-state index in [1.807, 2.05) is 37.3 Å². The number of carbonyl (C=O) groups is 2. The Morgan fingerprint density at radius 1 is 1.12 bits per heavy atom. The zero-order chi connectivity index (χ0) is 18.0. The maximum atomic E-state index is 12.6. The Kier molecular flexibility index (Phi) is 5.33. The number of hydrogen-bond donors (Lipinski definition) is 2. The van der Waals surface area contributed by atoms with Crippen molar-refractivity contribution >= 4 is 17.5 Å². The molecule has 1 aliphatic heterocycles. The number of anilines is 1. The molecule has 0 spiro atoms. The van der Waals surface area contributed by atoms with E-state index in [9.17, 15) is 9.59 Å². The second kappa shape index (κ2) is 6.93. The molecular weight excluding hydrogens is 302 g/mol. The number of likely N-dealkylation sites (N-methyl/N-ethyl adjacent to an activating group) is 1. The molecule has 1 aliphatic rings. The molecule has 0 aliphatic carbocycles. The first kappa shape index (κ1) is 18.5. The second-order valence-electron chi connectivity index (χ2n) is 7.86. The molecule has 1 aromatic rings. The van der Waals surface area contributed by atoms with Crippen LogP contribution < -0.4 is 15.5 Å². The molecule has 5 heteroatoms. The first-order valence-electron chi connectivity index (χ1n) is 8.60. The third-order valence-corrected chi connectivity index (χ3v) is 4.35. The number of rotatable bonds is 3. The highest BCUT2D eigenvalue weighted by molar-refractivity contribution is 6.40. The van der Waals surface area contributed by atoms with Crippen molar-refractivity contribution in [3.05, 3.63) is 30.3 Å². The molecule has 24 heavy (non-hydrogen) atoms. The summed E-state index contributed by atoms with van der Waals surface area (Å²) >= 11 is 0. The van der Waals surface area contributed by atoms with Crippen LogP contribution in [0.4, 0.5) is 5.69 Å². The Morgan fingerprint density at radius 3 is 2.17 bits per heavy atom. The van der Waals surface area contributed by atoms with E-state index in [1.165, 1.54) is 4.90 Å². The Balaban J connectivity index is 2.07. The molecule has 1 saturated heterocycles. The van der Waals surface area contributed by atoms with Crippen molar-refractivity contribution < 1.29 is 9.59 Å². The molecule has 132 valence electrons. The summed E-state index contributed by atoms with van der Waals surface area (Å²) in [7, 11) is 0. The molecule has 0 saturated carbocycles. The van der Waals surface area contributed by atoms with Gasteiger partial charge in [-0.05, 0) is 59.6 Å². The quantitative estimate of drug-likeness (QED) is 0.837. The highest BCUT2D eigenvalue weighted by Gasteiger charge is 2.39. The van der Waals surface area contributed by atoms with E-state index in [0.717, 1.165) is 18.5 Å². The molecule has 2 rings (SSSR count). The van der Waals surface area contributed by atoms with Gasteiger partial charge in [-0.25, -0.2) is 0 Å². The summed E-state index contributed by atoms with van der Waals surface area (Å²) in [6, 6.07) is 9.28. The van der Waals surface area contributed by atoms with E-state index in [4.69, 9.17) is 0 Å². The van der Waals surface area contributed by atoms with Gasteiger partial charge in [-0.3, -0.25) is 9.59 Å². The van der Waals surface area contributed by atoms with Crippen LogP contribution in [-0.2, 0) is 9.59 Å². The van der Waals surface area contributed by atoms with Crippen molar-refractivity contribution in [1.29, 1.82) is 0 Å². The van der Waals surface area contributed by atoms with Crippen molar-refractivity contribution in [3.8, 4) is 0 Å². The van der Waals surface area contributed by atoms with Gasteiger partial charge in [0.15, 0.2) is 0 Å². The normalized spacial score (nSPS) is 19.5. The smallest absolute Gasteiger partial charge is 0.316 e. The Morgan fingerprint density at radius 2 is 1.67 bits per heavy atom. The lowest BCUT2D eigenvalue weighted by Crippen LogP contribution is -2.63. The van der Waals surface area contributed by atoms with Crippen LogP contribution in [-0.4, -0.2) is 35.5 Å². The number of hydrogen-bond acceptors (Lipinski definition) is 3. The number of nitrogens with zero attached hydrogens (tertiary/aromatic N) is 1. The zero-order valence-electron chi connectivity index (χ0n) is 15.3. The monoisotopic (exact) mass is 331 g/mol. The summed E-state index contributed by atoms with van der Waals surface area (Å²) < 4.78 is 0. The minimum Gasteiger partial charge on any atom is -0.345 e. The van der Waals surface area contributed by atoms with Gasteiger partial charge in [-0.1, -0.05) is 18.2 Å². The maximum absolute atomic E-state index is 12.6. The summed E-state index contributed by atoms with van der Waals surface area (Å²) in [6.07, 6.45) is 1.60. The second-order valence-corrected chi connectivity index (χ2v) is 7.86. The predicted octanol–water partition coefficient (Wildman–Crippen LogP) is 2.46. The van der Waals surface area contributed by atoms with E-state index in [0.29, 0.717) is 6.54 Å². The van der Waals surface area contributed by atoms with Crippen LogP contribution in [0.1, 0.15) is 47.5 Å². The fourth-order valence-corrected chi connectivity index (χ4v) is 3.85. The fourth-order valence-electron chi connectivity index (χ4n) is 3.85. The van der Waals surface area contributed by atoms with Crippen molar-refractivity contribution in [1.82, 2.24) is 10.6 Å². The SMILES string of the molecule is CCN(C(=O)C(=O)NC1CC(C)(C)NC(C)(C)C1)c1ccccc1. The molecule has 2 N–H and O–H groups in total. The van der Waals surface area contributed by atoms with Gasteiger partial charge in [-0.15, -0.1) is 0 Å². The molecule has 0 bridgehead atoms. The largest absolute Gasteiger partial charge is 0.345 e. The molecule has 2 amide bonds. The molecule has 1 fully saturated rings. The van der Waals surface area contributed by atoms with Crippen LogP contribution >= 0.6 is 0 Å². The third kappa shape index (κ3) is 4.57. The minimum atomic E-state index is -0.529. The summed E-state index contributed by atoms with van der Waals surface area (Å²) in [5.74, 6) is -1.03. The molecule has 0 radical (unpaired) electrons. The molecule has 0 unspecified atom stereocenters. The Labute approximate surface area is 144 Å².